The van der Waals surface area contributed by atoms with Crippen molar-refractivity contribution in [1.29, 1.82) is 0 Å². The average molecular weight is 292 g/mol. The summed E-state index contributed by atoms with van der Waals surface area (Å²) in [5.74, 6) is 1.71. The molecule has 1 aromatic carbocycles. The minimum Gasteiger partial charge on any atom is -0.338 e. The van der Waals surface area contributed by atoms with Crippen LogP contribution in [0.4, 0.5) is 4.79 Å². The Bertz CT molecular complexity index is 424. The number of hydrogen-bond acceptors (Lipinski definition) is 2. The number of unbranched alkanes of at least 4 members (excludes halogenated alkanes) is 1. The number of rotatable bonds is 6. The first-order valence-electron chi connectivity index (χ1n) is 7.32. The van der Waals surface area contributed by atoms with E-state index in [1.165, 1.54) is 17.7 Å². The lowest BCUT2D eigenvalue weighted by molar-refractivity contribution is 0.0593. The third-order valence-corrected chi connectivity index (χ3v) is 4.51. The maximum absolute atomic E-state index is 12.2. The summed E-state index contributed by atoms with van der Waals surface area (Å²) in [4.78, 5) is 14.1. The standard InChI is InChI=1S/C16H24N2OS/c1-13-12-18(15(13)14-8-4-3-5-9-14)16(19)17-10-6-7-11-20-2/h3-5,8-9,13,15H,6-7,10-12H2,1-2H3,(H,17,19)/t13-,15-/m1/s1. The SMILES string of the molecule is CSCCCCNC(=O)N1C[C@@H](C)[C@@H]1c1ccccc1. The Morgan fingerprint density at radius 1 is 1.35 bits per heavy atom. The van der Waals surface area contributed by atoms with Gasteiger partial charge < -0.3 is 10.2 Å². The van der Waals surface area contributed by atoms with Crippen molar-refractivity contribution in [2.24, 2.45) is 5.92 Å². The van der Waals surface area contributed by atoms with Gasteiger partial charge in [-0.2, -0.15) is 11.8 Å². The molecule has 1 heterocycles. The molecule has 1 N–H and O–H groups in total. The first-order chi connectivity index (χ1) is 9.74. The Kier molecular flexibility index (Phi) is 5.77. The Labute approximate surface area is 126 Å². The number of nitrogens with zero attached hydrogens (tertiary/aromatic N) is 1. The predicted molar refractivity (Wildman–Crippen MR) is 86.1 cm³/mol. The second-order valence-corrected chi connectivity index (χ2v) is 6.40. The van der Waals surface area contributed by atoms with Crippen LogP contribution in [0.2, 0.25) is 0 Å². The Hall–Kier alpha value is -1.16. The van der Waals surface area contributed by atoms with Crippen LogP contribution in [0.15, 0.2) is 30.3 Å². The van der Waals surface area contributed by atoms with Crippen molar-refractivity contribution in [2.45, 2.75) is 25.8 Å². The number of thioether (sulfide) groups is 1. The highest BCUT2D eigenvalue weighted by atomic mass is 32.2. The van der Waals surface area contributed by atoms with Crippen molar-refractivity contribution < 1.29 is 4.79 Å². The van der Waals surface area contributed by atoms with Crippen LogP contribution in [0.3, 0.4) is 0 Å². The predicted octanol–water partition coefficient (Wildman–Crippen LogP) is 3.53. The fourth-order valence-electron chi connectivity index (χ4n) is 2.73. The molecule has 0 saturated carbocycles. The maximum atomic E-state index is 12.2. The van der Waals surface area contributed by atoms with E-state index in [0.29, 0.717) is 5.92 Å². The van der Waals surface area contributed by atoms with Crippen LogP contribution in [0.1, 0.15) is 31.4 Å². The van der Waals surface area contributed by atoms with Gasteiger partial charge in [0.1, 0.15) is 0 Å². The van der Waals surface area contributed by atoms with Gasteiger partial charge in [-0.25, -0.2) is 4.79 Å². The lowest BCUT2D eigenvalue weighted by Crippen LogP contribution is -2.55. The van der Waals surface area contributed by atoms with Gasteiger partial charge in [-0.05, 0) is 36.3 Å². The molecule has 1 fully saturated rings. The highest BCUT2D eigenvalue weighted by Gasteiger charge is 2.39. The molecular formula is C16H24N2OS. The number of urea groups is 1. The fraction of sp³-hybridized carbons (Fsp3) is 0.562. The molecule has 1 aliphatic rings. The normalized spacial score (nSPS) is 21.4. The molecule has 2 rings (SSSR count). The molecule has 3 nitrogen and oxygen atoms in total. The third-order valence-electron chi connectivity index (χ3n) is 3.81. The van der Waals surface area contributed by atoms with E-state index in [1.807, 2.05) is 34.9 Å². The van der Waals surface area contributed by atoms with Gasteiger partial charge in [0.15, 0.2) is 0 Å². The molecular weight excluding hydrogens is 268 g/mol. The average Bonchev–Trinajstić information content (AvgIpc) is 2.45. The van der Waals surface area contributed by atoms with Gasteiger partial charge in [-0.15, -0.1) is 0 Å². The minimum atomic E-state index is 0.0844. The summed E-state index contributed by atoms with van der Waals surface area (Å²) < 4.78 is 0. The van der Waals surface area contributed by atoms with Crippen molar-refractivity contribution in [2.75, 3.05) is 25.1 Å². The summed E-state index contributed by atoms with van der Waals surface area (Å²) >= 11 is 1.86. The number of carbonyl (C=O) groups is 1. The van der Waals surface area contributed by atoms with Crippen LogP contribution in [0.5, 0.6) is 0 Å². The first-order valence-corrected chi connectivity index (χ1v) is 8.71. The van der Waals surface area contributed by atoms with Crippen LogP contribution in [0, 0.1) is 5.92 Å². The largest absolute Gasteiger partial charge is 0.338 e. The summed E-state index contributed by atoms with van der Waals surface area (Å²) in [6.07, 6.45) is 4.34. The number of hydrogen-bond donors (Lipinski definition) is 1. The van der Waals surface area contributed by atoms with E-state index in [0.717, 1.165) is 19.5 Å². The molecule has 0 aromatic heterocycles. The van der Waals surface area contributed by atoms with Crippen molar-refractivity contribution in [3.05, 3.63) is 35.9 Å². The summed E-state index contributed by atoms with van der Waals surface area (Å²) in [6, 6.07) is 10.6. The lowest BCUT2D eigenvalue weighted by Gasteiger charge is -2.46. The first kappa shape index (κ1) is 15.2. The zero-order chi connectivity index (χ0) is 14.4. The number of likely N-dealkylation sites (tertiary alicyclic amines) is 1. The third kappa shape index (κ3) is 3.69. The molecule has 0 spiro atoms. The zero-order valence-electron chi connectivity index (χ0n) is 12.3. The van der Waals surface area contributed by atoms with Crippen LogP contribution in [-0.2, 0) is 0 Å². The number of amides is 2. The molecule has 0 unspecified atom stereocenters. The fourth-order valence-corrected chi connectivity index (χ4v) is 3.22. The van der Waals surface area contributed by atoms with Crippen LogP contribution >= 0.6 is 11.8 Å². The molecule has 0 bridgehead atoms. The second kappa shape index (κ2) is 7.58. The topological polar surface area (TPSA) is 32.3 Å². The number of benzene rings is 1. The molecule has 0 aliphatic carbocycles. The second-order valence-electron chi connectivity index (χ2n) is 5.42. The number of carbonyl (C=O) groups excluding carboxylic acids is 1. The van der Waals surface area contributed by atoms with Gasteiger partial charge in [-0.3, -0.25) is 0 Å². The Morgan fingerprint density at radius 3 is 2.75 bits per heavy atom. The molecule has 2 amide bonds. The quantitative estimate of drug-likeness (QED) is 0.814. The summed E-state index contributed by atoms with van der Waals surface area (Å²) in [5.41, 5.74) is 1.24. The molecule has 1 aromatic rings. The van der Waals surface area contributed by atoms with Crippen molar-refractivity contribution in [3.63, 3.8) is 0 Å². The van der Waals surface area contributed by atoms with E-state index in [4.69, 9.17) is 0 Å². The molecule has 1 aliphatic heterocycles. The molecule has 110 valence electrons. The maximum Gasteiger partial charge on any atom is 0.317 e. The molecule has 4 heteroatoms. The molecule has 20 heavy (non-hydrogen) atoms. The van der Waals surface area contributed by atoms with Crippen LogP contribution < -0.4 is 5.32 Å². The smallest absolute Gasteiger partial charge is 0.317 e. The van der Waals surface area contributed by atoms with Gasteiger partial charge in [0, 0.05) is 13.1 Å². The van der Waals surface area contributed by atoms with Crippen LogP contribution in [-0.4, -0.2) is 36.0 Å². The highest BCUT2D eigenvalue weighted by molar-refractivity contribution is 7.98. The van der Waals surface area contributed by atoms with Gasteiger partial charge in [0.05, 0.1) is 6.04 Å². The van der Waals surface area contributed by atoms with Crippen molar-refractivity contribution in [1.82, 2.24) is 10.2 Å². The molecule has 2 atom stereocenters. The van der Waals surface area contributed by atoms with Gasteiger partial charge in [0.25, 0.3) is 0 Å². The van der Waals surface area contributed by atoms with E-state index >= 15 is 0 Å². The summed E-state index contributed by atoms with van der Waals surface area (Å²) in [5, 5.41) is 3.04. The van der Waals surface area contributed by atoms with E-state index in [2.05, 4.69) is 30.6 Å². The molecule has 0 radical (unpaired) electrons. The highest BCUT2D eigenvalue weighted by Crippen LogP contribution is 2.38. The van der Waals surface area contributed by atoms with E-state index in [1.54, 1.807) is 0 Å². The molecule has 1 saturated heterocycles. The van der Waals surface area contributed by atoms with E-state index in [-0.39, 0.29) is 12.1 Å². The summed E-state index contributed by atoms with van der Waals surface area (Å²) in [6.45, 7) is 3.85. The summed E-state index contributed by atoms with van der Waals surface area (Å²) in [7, 11) is 0. The van der Waals surface area contributed by atoms with Crippen LogP contribution in [0.25, 0.3) is 0 Å². The Morgan fingerprint density at radius 2 is 2.10 bits per heavy atom. The minimum absolute atomic E-state index is 0.0844. The Balaban J connectivity index is 1.81. The van der Waals surface area contributed by atoms with Crippen molar-refractivity contribution >= 4 is 17.8 Å². The van der Waals surface area contributed by atoms with Gasteiger partial charge >= 0.3 is 6.03 Å². The zero-order valence-corrected chi connectivity index (χ0v) is 13.2. The van der Waals surface area contributed by atoms with E-state index < -0.39 is 0 Å². The number of nitrogens with one attached hydrogen (secondary N) is 1. The van der Waals surface area contributed by atoms with Gasteiger partial charge in [-0.1, -0.05) is 37.3 Å². The van der Waals surface area contributed by atoms with Gasteiger partial charge in [0.2, 0.25) is 0 Å². The monoisotopic (exact) mass is 292 g/mol. The lowest BCUT2D eigenvalue weighted by atomic mass is 9.85. The van der Waals surface area contributed by atoms with Crippen molar-refractivity contribution in [3.8, 4) is 0 Å². The van der Waals surface area contributed by atoms with E-state index in [9.17, 15) is 4.79 Å².